The summed E-state index contributed by atoms with van der Waals surface area (Å²) in [7, 11) is 4.88. The molecule has 3 aliphatic heterocycles. The molecule has 0 radical (unpaired) electrons. The van der Waals surface area contributed by atoms with Crippen LogP contribution in [-0.4, -0.2) is 194 Å². The van der Waals surface area contributed by atoms with Gasteiger partial charge >= 0.3 is 18.2 Å². The smallest absolute Gasteiger partial charge is 0.415 e. The number of azide groups is 1. The van der Waals surface area contributed by atoms with E-state index >= 15 is 0 Å². The molecule has 105 heavy (non-hydrogen) atoms. The number of carbonyl (C=O) groups excluding carboxylic acids is 10. The van der Waals surface area contributed by atoms with E-state index in [1.165, 1.54) is 40.9 Å². The van der Waals surface area contributed by atoms with Crippen LogP contribution in [0.15, 0.2) is 101 Å². The average molecular weight is 1450 g/mol. The van der Waals surface area contributed by atoms with Gasteiger partial charge in [0.05, 0.1) is 48.8 Å². The number of unbranched alkanes of at least 4 members (excludes halogenated alkanes) is 1. The molecule has 1 aliphatic carbocycles. The summed E-state index contributed by atoms with van der Waals surface area (Å²) < 4.78 is 28.7. The van der Waals surface area contributed by atoms with Crippen LogP contribution in [-0.2, 0) is 95.5 Å². The first-order valence-corrected chi connectivity index (χ1v) is 34.9. The Bertz CT molecular complexity index is 4150. The summed E-state index contributed by atoms with van der Waals surface area (Å²) >= 11 is 0. The Morgan fingerprint density at radius 1 is 0.819 bits per heavy atom. The zero-order chi connectivity index (χ0) is 75.6. The molecule has 9 rings (SSSR count). The normalized spacial score (nSPS) is 16.6. The summed E-state index contributed by atoms with van der Waals surface area (Å²) in [4.78, 5) is 152. The lowest BCUT2D eigenvalue weighted by atomic mass is 9.81. The number of likely N-dealkylation sites (N-methyl/N-ethyl adjacent to an activating group) is 2. The van der Waals surface area contributed by atoms with Crippen LogP contribution in [0.2, 0.25) is 0 Å². The van der Waals surface area contributed by atoms with E-state index in [1.807, 2.05) is 20.0 Å². The molecule has 7 N–H and O–H groups in total. The number of amides is 9. The minimum atomic E-state index is -1.95. The van der Waals surface area contributed by atoms with Crippen molar-refractivity contribution in [3.8, 4) is 29.5 Å². The minimum Gasteiger partial charge on any atom is -0.458 e. The number of fused-ring (bicyclic) bond motifs is 5. The molecule has 31 nitrogen and oxygen atoms in total. The molecule has 3 aromatic carbocycles. The van der Waals surface area contributed by atoms with Gasteiger partial charge in [-0.25, -0.2) is 19.4 Å². The number of carbonyl (C=O) groups is 10. The van der Waals surface area contributed by atoms with Gasteiger partial charge in [0.25, 0.3) is 17.4 Å². The number of benzene rings is 3. The SMILES string of the molecule is C#CCNC(=O)C1CCC(CN2C(=O)C=CC2=O)CC1.CCc1c2c(nc3ccc(OC(=O)N(C)CCN(C)C(=O)OCc4ccc(NC(=O)C(CCCCNC)NC(=O)C(Cc5ccccc5)NC(=O)COCC(=O)NCCOCCN=[N+]=[N-])cc4)cc13)-c1cc3c(c(=O)n1C2)COC(=O)[C@]3(O)CC. The number of aryl methyl sites for hydroxylation is 1. The molecule has 558 valence electrons. The van der Waals surface area contributed by atoms with Gasteiger partial charge in [0, 0.05) is 98.4 Å². The number of pyridine rings is 2. The number of nitrogens with one attached hydrogen (secondary N) is 6. The maximum Gasteiger partial charge on any atom is 0.415 e. The standard InChI is InChI=1S/C59H72N12O14.C15H18N2O3/c1-6-41-42-30-40(20-21-46(42)66-52-43(41)32-71-49(52)31-45-44(55(71)76)34-83-56(77)59(45,80)7-2)85-58(79)70(5)26-25-69(4)57(78)84-33-38-16-18-39(19-17-38)64-53(74)47(15-11-12-22-61-3)67-54(75)48(29-37-13-9-8-10-14-37)65-51(73)36-82-35-50(72)62-23-27-81-28-24-63-68-60;1-2-9-16-15(20)12-5-3-11(4-6-12)10-17-13(18)7-8-14(17)19/h8-10,13-14,16-21,30-31,47-48,61,80H,6-7,11-12,15,22-29,32-36H2,1-5H3,(H,62,72)(H,64,74)(H,65,73)(H,67,75);1,7-8,11-12H,3-6,9-10H2,(H,16,20)/t47?,48?,59-;/m0./s1. The number of ether oxygens (including phenoxy) is 5. The fraction of sp³-hybridized carbons (Fsp3) is 0.459. The lowest BCUT2D eigenvalue weighted by Gasteiger charge is -2.31. The monoisotopic (exact) mass is 1450 g/mol. The van der Waals surface area contributed by atoms with Crippen LogP contribution in [0.1, 0.15) is 98.6 Å². The Hall–Kier alpha value is -11.0. The largest absolute Gasteiger partial charge is 0.458 e. The van der Waals surface area contributed by atoms with Crippen molar-refractivity contribution in [2.24, 2.45) is 17.0 Å². The highest BCUT2D eigenvalue weighted by Crippen LogP contribution is 2.41. The molecule has 5 heterocycles. The van der Waals surface area contributed by atoms with E-state index in [4.69, 9.17) is 40.6 Å². The van der Waals surface area contributed by atoms with Crippen LogP contribution in [0.4, 0.5) is 15.3 Å². The number of hydrogen-bond donors (Lipinski definition) is 7. The number of aromatic nitrogens is 2. The second kappa shape index (κ2) is 39.0. The van der Waals surface area contributed by atoms with Gasteiger partial charge < -0.3 is 75.1 Å². The van der Waals surface area contributed by atoms with Gasteiger partial charge in [0.1, 0.15) is 44.3 Å². The minimum absolute atomic E-state index is 0.00251. The maximum atomic E-state index is 14.0. The van der Waals surface area contributed by atoms with E-state index in [-0.39, 0.29) is 131 Å². The van der Waals surface area contributed by atoms with Crippen molar-refractivity contribution < 1.29 is 76.7 Å². The van der Waals surface area contributed by atoms with Crippen molar-refractivity contribution in [1.82, 2.24) is 50.8 Å². The Morgan fingerprint density at radius 2 is 1.53 bits per heavy atom. The summed E-state index contributed by atoms with van der Waals surface area (Å²) in [6, 6.07) is 20.3. The summed E-state index contributed by atoms with van der Waals surface area (Å²) in [5.41, 5.74) is 11.6. The van der Waals surface area contributed by atoms with Gasteiger partial charge in [0.15, 0.2) is 5.60 Å². The fourth-order valence-corrected chi connectivity index (χ4v) is 12.5. The third kappa shape index (κ3) is 21.8. The zero-order valence-corrected chi connectivity index (χ0v) is 59.6. The molecule has 3 atom stereocenters. The first-order valence-electron chi connectivity index (χ1n) is 34.9. The van der Waals surface area contributed by atoms with E-state index in [1.54, 1.807) is 84.3 Å². The highest BCUT2D eigenvalue weighted by atomic mass is 16.6. The van der Waals surface area contributed by atoms with Crippen LogP contribution < -0.4 is 42.2 Å². The second-order valence-electron chi connectivity index (χ2n) is 25.6. The molecule has 0 bridgehead atoms. The molecule has 1 saturated carbocycles. The highest BCUT2D eigenvalue weighted by molar-refractivity contribution is 6.13. The Labute approximate surface area is 607 Å². The van der Waals surface area contributed by atoms with Gasteiger partial charge in [0.2, 0.25) is 29.5 Å². The van der Waals surface area contributed by atoms with E-state index < -0.39 is 72.7 Å². The number of imide groups is 1. The number of terminal acetylenes is 1. The van der Waals surface area contributed by atoms with E-state index in [2.05, 4.69) is 47.8 Å². The number of cyclic esters (lactones) is 1. The van der Waals surface area contributed by atoms with Crippen molar-refractivity contribution in [1.29, 1.82) is 0 Å². The topological polar surface area (TPSA) is 403 Å². The number of hydrogen-bond acceptors (Lipinski definition) is 20. The summed E-state index contributed by atoms with van der Waals surface area (Å²) in [6.07, 6.45) is 11.9. The van der Waals surface area contributed by atoms with Crippen molar-refractivity contribution in [2.45, 2.75) is 115 Å². The lowest BCUT2D eigenvalue weighted by Crippen LogP contribution is -2.54. The molecule has 2 unspecified atom stereocenters. The first kappa shape index (κ1) is 79.7. The van der Waals surface area contributed by atoms with Crippen LogP contribution in [0.25, 0.3) is 32.7 Å². The molecule has 4 aliphatic rings. The van der Waals surface area contributed by atoms with Gasteiger partial charge in [-0.05, 0) is 136 Å². The predicted octanol–water partition coefficient (Wildman–Crippen LogP) is 4.81. The number of aliphatic hydroxyl groups is 1. The summed E-state index contributed by atoms with van der Waals surface area (Å²) in [5, 5.41) is 32.1. The Kier molecular flexibility index (Phi) is 29.6. The molecule has 0 saturated heterocycles. The van der Waals surface area contributed by atoms with Crippen molar-refractivity contribution in [2.75, 3.05) is 98.7 Å². The van der Waals surface area contributed by atoms with Gasteiger partial charge in [-0.15, -0.1) is 6.42 Å². The third-order valence-electron chi connectivity index (χ3n) is 18.4. The van der Waals surface area contributed by atoms with E-state index in [9.17, 15) is 57.8 Å². The van der Waals surface area contributed by atoms with Crippen molar-refractivity contribution in [3.05, 3.63) is 145 Å². The van der Waals surface area contributed by atoms with Crippen LogP contribution >= 0.6 is 0 Å². The summed E-state index contributed by atoms with van der Waals surface area (Å²) in [6.45, 7) is 4.88. The highest BCUT2D eigenvalue weighted by Gasteiger charge is 2.46. The van der Waals surface area contributed by atoms with E-state index in [0.29, 0.717) is 60.0 Å². The van der Waals surface area contributed by atoms with Crippen LogP contribution in [0.5, 0.6) is 5.75 Å². The number of rotatable bonds is 34. The second-order valence-corrected chi connectivity index (χ2v) is 25.6. The van der Waals surface area contributed by atoms with Gasteiger partial charge in [-0.3, -0.25) is 43.3 Å². The van der Waals surface area contributed by atoms with Gasteiger partial charge in [-0.1, -0.05) is 67.3 Å². The van der Waals surface area contributed by atoms with Crippen LogP contribution in [0.3, 0.4) is 0 Å². The van der Waals surface area contributed by atoms with Crippen LogP contribution in [0, 0.1) is 24.2 Å². The summed E-state index contributed by atoms with van der Waals surface area (Å²) in [5.74, 6) is -0.562. The van der Waals surface area contributed by atoms with Crippen molar-refractivity contribution in [3.63, 3.8) is 0 Å². The first-order chi connectivity index (χ1) is 50.6. The van der Waals surface area contributed by atoms with E-state index in [0.717, 1.165) is 54.2 Å². The molecule has 31 heteroatoms. The molecule has 2 aromatic heterocycles. The maximum absolute atomic E-state index is 14.0. The zero-order valence-electron chi connectivity index (χ0n) is 59.6. The molecular weight excluding hydrogens is 1360 g/mol. The quantitative estimate of drug-likeness (QED) is 0.00542. The average Bonchev–Trinajstić information content (AvgIpc) is 1.60. The number of nitrogens with zero attached hydrogens (tertiary/aromatic N) is 8. The predicted molar refractivity (Wildman–Crippen MR) is 384 cm³/mol. The Balaban J connectivity index is 0.000000597. The molecule has 5 aromatic rings. The lowest BCUT2D eigenvalue weighted by molar-refractivity contribution is -0.172. The third-order valence-corrected chi connectivity index (χ3v) is 18.4. The van der Waals surface area contributed by atoms with Gasteiger partial charge in [-0.2, -0.15) is 0 Å². The number of anilines is 1. The number of esters is 1. The van der Waals surface area contributed by atoms with Crippen molar-refractivity contribution >= 4 is 76.1 Å². The molecule has 0 spiro atoms. The molecule has 1 fully saturated rings. The molecular formula is C74H90N14O17. The Morgan fingerprint density at radius 3 is 2.22 bits per heavy atom. The molecule has 9 amide bonds. The fourth-order valence-electron chi connectivity index (χ4n) is 12.5.